The quantitative estimate of drug-likeness (QED) is 0.371. The maximum atomic E-state index is 10.1. The molecular weight excluding hydrogens is 210 g/mol. The molecule has 1 aliphatic rings. The van der Waals surface area contributed by atoms with Crippen molar-refractivity contribution in [1.29, 1.82) is 0 Å². The number of hydrogen-bond donors (Lipinski definition) is 0. The topological polar surface area (TPSA) is 29.4 Å². The zero-order valence-corrected chi connectivity index (χ0v) is 11.0. The van der Waals surface area contributed by atoms with Crippen molar-refractivity contribution in [1.82, 2.24) is 0 Å². The Bertz CT molecular complexity index is 262. The first-order valence-corrected chi connectivity index (χ1v) is 6.96. The molecule has 0 radical (unpaired) electrons. The predicted molar refractivity (Wildman–Crippen MR) is 73.7 cm³/mol. The van der Waals surface area contributed by atoms with E-state index >= 15 is 0 Å². The van der Waals surface area contributed by atoms with E-state index < -0.39 is 0 Å². The van der Waals surface area contributed by atoms with Gasteiger partial charge in [-0.1, -0.05) is 25.3 Å². The molecule has 17 heavy (non-hydrogen) atoms. The lowest BCUT2D eigenvalue weighted by Gasteiger charge is -2.17. The molecule has 0 aliphatic heterocycles. The summed E-state index contributed by atoms with van der Waals surface area (Å²) in [6.45, 7) is 2.12. The number of carbonyl (C=O) groups is 1. The largest absolute Gasteiger partial charge is 0.303 e. The number of allylic oxidation sites excluding steroid dienone is 2. The van der Waals surface area contributed by atoms with Gasteiger partial charge in [0.25, 0.3) is 0 Å². The standard InChI is InChI=1S/C15H25NO/c1-14(9-5-2-3-8-12-17)13-16-15-10-6-4-7-11-15/h9,12-13,15H,2-8,10-11H2,1H3/b14-9+,16-13?. The lowest BCUT2D eigenvalue weighted by atomic mass is 9.96. The van der Waals surface area contributed by atoms with Crippen molar-refractivity contribution in [2.24, 2.45) is 4.99 Å². The fraction of sp³-hybridized carbons (Fsp3) is 0.733. The molecule has 0 N–H and O–H groups in total. The molecule has 0 unspecified atom stereocenters. The molecular formula is C15H25NO. The van der Waals surface area contributed by atoms with Crippen molar-refractivity contribution in [3.63, 3.8) is 0 Å². The van der Waals surface area contributed by atoms with Crippen LogP contribution in [0.1, 0.15) is 64.7 Å². The van der Waals surface area contributed by atoms with E-state index in [1.807, 2.05) is 6.21 Å². The van der Waals surface area contributed by atoms with Crippen LogP contribution in [0.5, 0.6) is 0 Å². The van der Waals surface area contributed by atoms with Crippen LogP contribution in [0.4, 0.5) is 0 Å². The molecule has 0 heterocycles. The first kappa shape index (κ1) is 14.1. The third-order valence-electron chi connectivity index (χ3n) is 3.31. The molecule has 0 aromatic carbocycles. The zero-order valence-electron chi connectivity index (χ0n) is 11.0. The second kappa shape index (κ2) is 9.15. The van der Waals surface area contributed by atoms with Crippen molar-refractivity contribution >= 4 is 12.5 Å². The third-order valence-corrected chi connectivity index (χ3v) is 3.31. The number of rotatable bonds is 7. The maximum Gasteiger partial charge on any atom is 0.119 e. The van der Waals surface area contributed by atoms with Crippen molar-refractivity contribution in [2.75, 3.05) is 0 Å². The average Bonchev–Trinajstić information content (AvgIpc) is 2.37. The summed E-state index contributed by atoms with van der Waals surface area (Å²) in [5, 5.41) is 0. The van der Waals surface area contributed by atoms with Crippen LogP contribution >= 0.6 is 0 Å². The Morgan fingerprint density at radius 2 is 1.88 bits per heavy atom. The Labute approximate surface area is 105 Å². The molecule has 96 valence electrons. The van der Waals surface area contributed by atoms with Crippen LogP contribution in [0, 0.1) is 0 Å². The summed E-state index contributed by atoms with van der Waals surface area (Å²) in [6.07, 6.45) is 15.8. The van der Waals surface area contributed by atoms with Crippen LogP contribution in [0.25, 0.3) is 0 Å². The summed E-state index contributed by atoms with van der Waals surface area (Å²) in [7, 11) is 0. The summed E-state index contributed by atoms with van der Waals surface area (Å²) < 4.78 is 0. The van der Waals surface area contributed by atoms with E-state index in [9.17, 15) is 4.79 Å². The van der Waals surface area contributed by atoms with E-state index in [1.54, 1.807) is 0 Å². The first-order chi connectivity index (χ1) is 8.33. The second-order valence-corrected chi connectivity index (χ2v) is 4.97. The van der Waals surface area contributed by atoms with Crippen molar-refractivity contribution in [3.8, 4) is 0 Å². The Morgan fingerprint density at radius 1 is 1.18 bits per heavy atom. The van der Waals surface area contributed by atoms with Gasteiger partial charge in [-0.05, 0) is 44.6 Å². The highest BCUT2D eigenvalue weighted by molar-refractivity contribution is 5.77. The summed E-state index contributed by atoms with van der Waals surface area (Å²) >= 11 is 0. The molecule has 0 aromatic heterocycles. The Balaban J connectivity index is 2.17. The van der Waals surface area contributed by atoms with Gasteiger partial charge < -0.3 is 4.79 Å². The lowest BCUT2D eigenvalue weighted by Crippen LogP contribution is -2.09. The minimum Gasteiger partial charge on any atom is -0.303 e. The summed E-state index contributed by atoms with van der Waals surface area (Å²) in [4.78, 5) is 14.8. The SMILES string of the molecule is C/C(C=NC1CCCCC1)=C\CCCCC=O. The number of aliphatic imine (C=N–C) groups is 1. The van der Waals surface area contributed by atoms with Gasteiger partial charge in [-0.15, -0.1) is 0 Å². The molecule has 2 heteroatoms. The molecule has 1 aliphatic carbocycles. The summed E-state index contributed by atoms with van der Waals surface area (Å²) in [5.74, 6) is 0. The number of hydrogen-bond acceptors (Lipinski definition) is 2. The van der Waals surface area contributed by atoms with Gasteiger partial charge in [0.05, 0.1) is 0 Å². The Morgan fingerprint density at radius 3 is 2.59 bits per heavy atom. The lowest BCUT2D eigenvalue weighted by molar-refractivity contribution is -0.107. The molecule has 0 spiro atoms. The molecule has 0 saturated heterocycles. The van der Waals surface area contributed by atoms with Crippen LogP contribution in [-0.4, -0.2) is 18.5 Å². The van der Waals surface area contributed by atoms with Gasteiger partial charge in [0.1, 0.15) is 6.29 Å². The number of unbranched alkanes of at least 4 members (excludes halogenated alkanes) is 3. The average molecular weight is 235 g/mol. The smallest absolute Gasteiger partial charge is 0.119 e. The Hall–Kier alpha value is -0.920. The van der Waals surface area contributed by atoms with Crippen LogP contribution in [0.15, 0.2) is 16.6 Å². The molecule has 0 bridgehead atoms. The molecule has 0 atom stereocenters. The van der Waals surface area contributed by atoms with E-state index in [1.165, 1.54) is 37.7 Å². The molecule has 2 nitrogen and oxygen atoms in total. The van der Waals surface area contributed by atoms with Crippen LogP contribution < -0.4 is 0 Å². The van der Waals surface area contributed by atoms with Crippen LogP contribution in [-0.2, 0) is 4.79 Å². The fourth-order valence-electron chi connectivity index (χ4n) is 2.21. The van der Waals surface area contributed by atoms with Gasteiger partial charge in [-0.25, -0.2) is 0 Å². The Kier molecular flexibility index (Phi) is 7.61. The highest BCUT2D eigenvalue weighted by atomic mass is 16.1. The molecule has 0 amide bonds. The number of nitrogens with zero attached hydrogens (tertiary/aromatic N) is 1. The summed E-state index contributed by atoms with van der Waals surface area (Å²) in [5.41, 5.74) is 1.27. The van der Waals surface area contributed by atoms with E-state index in [0.717, 1.165) is 25.5 Å². The molecule has 1 saturated carbocycles. The van der Waals surface area contributed by atoms with Crippen molar-refractivity contribution in [3.05, 3.63) is 11.6 Å². The van der Waals surface area contributed by atoms with Crippen LogP contribution in [0.3, 0.4) is 0 Å². The van der Waals surface area contributed by atoms with Gasteiger partial charge in [0.2, 0.25) is 0 Å². The highest BCUT2D eigenvalue weighted by Crippen LogP contribution is 2.20. The normalized spacial score (nSPS) is 18.8. The van der Waals surface area contributed by atoms with Gasteiger partial charge in [-0.2, -0.15) is 0 Å². The van der Waals surface area contributed by atoms with E-state index in [4.69, 9.17) is 0 Å². The fourth-order valence-corrected chi connectivity index (χ4v) is 2.21. The van der Waals surface area contributed by atoms with E-state index in [0.29, 0.717) is 12.5 Å². The monoisotopic (exact) mass is 235 g/mol. The third kappa shape index (κ3) is 7.09. The maximum absolute atomic E-state index is 10.1. The number of carbonyl (C=O) groups excluding carboxylic acids is 1. The van der Waals surface area contributed by atoms with Crippen molar-refractivity contribution < 1.29 is 4.79 Å². The van der Waals surface area contributed by atoms with Crippen LogP contribution in [0.2, 0.25) is 0 Å². The molecule has 0 aromatic rings. The van der Waals surface area contributed by atoms with Gasteiger partial charge in [-0.3, -0.25) is 4.99 Å². The van der Waals surface area contributed by atoms with E-state index in [-0.39, 0.29) is 0 Å². The second-order valence-electron chi connectivity index (χ2n) is 4.97. The minimum atomic E-state index is 0.571. The zero-order chi connectivity index (χ0) is 12.3. The molecule has 1 fully saturated rings. The minimum absolute atomic E-state index is 0.571. The summed E-state index contributed by atoms with van der Waals surface area (Å²) in [6, 6.07) is 0.571. The molecule has 1 rings (SSSR count). The van der Waals surface area contributed by atoms with Crippen molar-refractivity contribution in [2.45, 2.75) is 70.8 Å². The van der Waals surface area contributed by atoms with Gasteiger partial charge in [0.15, 0.2) is 0 Å². The predicted octanol–water partition coefficient (Wildman–Crippen LogP) is 4.10. The highest BCUT2D eigenvalue weighted by Gasteiger charge is 2.10. The van der Waals surface area contributed by atoms with E-state index in [2.05, 4.69) is 18.0 Å². The first-order valence-electron chi connectivity index (χ1n) is 6.96. The number of aldehydes is 1. The van der Waals surface area contributed by atoms with Gasteiger partial charge in [0, 0.05) is 18.7 Å². The van der Waals surface area contributed by atoms with Gasteiger partial charge >= 0.3 is 0 Å².